The van der Waals surface area contributed by atoms with E-state index in [1.54, 1.807) is 0 Å². The van der Waals surface area contributed by atoms with E-state index in [9.17, 15) is 5.11 Å². The molecule has 0 saturated carbocycles. The fourth-order valence-electron chi connectivity index (χ4n) is 2.07. The Balaban J connectivity index is 2.99. The standard InChI is InChI=1S/C15H25NO3/c1-5-12(16-4)15(17)11-8-9-13(18-6-2)14(10-11)19-7-3/h8-10,12,15-17H,5-7H2,1-4H3. The van der Waals surface area contributed by atoms with Crippen LogP contribution in [0.2, 0.25) is 0 Å². The fraction of sp³-hybridized carbons (Fsp3) is 0.600. The molecule has 4 nitrogen and oxygen atoms in total. The molecule has 2 unspecified atom stereocenters. The van der Waals surface area contributed by atoms with Crippen LogP contribution < -0.4 is 14.8 Å². The number of hydrogen-bond acceptors (Lipinski definition) is 4. The number of likely N-dealkylation sites (N-methyl/N-ethyl adjacent to an activating group) is 1. The van der Waals surface area contributed by atoms with Crippen molar-refractivity contribution in [3.05, 3.63) is 23.8 Å². The molecule has 1 aromatic carbocycles. The van der Waals surface area contributed by atoms with Gasteiger partial charge in [-0.3, -0.25) is 0 Å². The molecule has 0 spiro atoms. The van der Waals surface area contributed by atoms with Gasteiger partial charge in [-0.25, -0.2) is 0 Å². The summed E-state index contributed by atoms with van der Waals surface area (Å²) in [5, 5.41) is 13.5. The van der Waals surface area contributed by atoms with Gasteiger partial charge in [0.2, 0.25) is 0 Å². The second kappa shape index (κ2) is 8.02. The molecule has 0 aliphatic rings. The Hall–Kier alpha value is -1.26. The Bertz CT molecular complexity index is 378. The summed E-state index contributed by atoms with van der Waals surface area (Å²) in [6, 6.07) is 5.64. The second-order valence-corrected chi connectivity index (χ2v) is 4.32. The molecule has 1 aromatic rings. The van der Waals surface area contributed by atoms with Crippen molar-refractivity contribution >= 4 is 0 Å². The van der Waals surface area contributed by atoms with Crippen LogP contribution >= 0.6 is 0 Å². The maximum Gasteiger partial charge on any atom is 0.161 e. The van der Waals surface area contributed by atoms with Crippen molar-refractivity contribution in [1.29, 1.82) is 0 Å². The van der Waals surface area contributed by atoms with E-state index in [0.717, 1.165) is 17.7 Å². The first-order valence-corrected chi connectivity index (χ1v) is 6.92. The number of ether oxygens (including phenoxy) is 2. The van der Waals surface area contributed by atoms with Crippen LogP contribution in [0.25, 0.3) is 0 Å². The lowest BCUT2D eigenvalue weighted by atomic mass is 10.00. The monoisotopic (exact) mass is 267 g/mol. The van der Waals surface area contributed by atoms with Crippen LogP contribution in [0.4, 0.5) is 0 Å². The normalized spacial score (nSPS) is 13.9. The van der Waals surface area contributed by atoms with Gasteiger partial charge in [0.05, 0.1) is 19.3 Å². The van der Waals surface area contributed by atoms with E-state index in [1.165, 1.54) is 0 Å². The molecule has 0 saturated heterocycles. The highest BCUT2D eigenvalue weighted by molar-refractivity contribution is 5.44. The third-order valence-electron chi connectivity index (χ3n) is 3.10. The topological polar surface area (TPSA) is 50.7 Å². The van der Waals surface area contributed by atoms with E-state index in [1.807, 2.05) is 46.0 Å². The van der Waals surface area contributed by atoms with Crippen LogP contribution in [0.15, 0.2) is 18.2 Å². The smallest absolute Gasteiger partial charge is 0.161 e. The number of benzene rings is 1. The van der Waals surface area contributed by atoms with Crippen LogP contribution in [-0.2, 0) is 0 Å². The lowest BCUT2D eigenvalue weighted by Gasteiger charge is -2.22. The fourth-order valence-corrected chi connectivity index (χ4v) is 2.07. The van der Waals surface area contributed by atoms with Gasteiger partial charge in [0.1, 0.15) is 0 Å². The molecule has 4 heteroatoms. The van der Waals surface area contributed by atoms with Crippen LogP contribution in [0.1, 0.15) is 38.9 Å². The van der Waals surface area contributed by atoms with Crippen molar-refractivity contribution < 1.29 is 14.6 Å². The molecule has 2 atom stereocenters. The summed E-state index contributed by atoms with van der Waals surface area (Å²) < 4.78 is 11.1. The number of hydrogen-bond donors (Lipinski definition) is 2. The predicted octanol–water partition coefficient (Wildman–Crippen LogP) is 2.52. The number of rotatable bonds is 8. The Morgan fingerprint density at radius 3 is 2.26 bits per heavy atom. The van der Waals surface area contributed by atoms with Crippen molar-refractivity contribution in [2.75, 3.05) is 20.3 Å². The molecule has 0 heterocycles. The first kappa shape index (κ1) is 15.8. The first-order chi connectivity index (χ1) is 9.17. The summed E-state index contributed by atoms with van der Waals surface area (Å²) in [6.07, 6.45) is 0.305. The highest BCUT2D eigenvalue weighted by atomic mass is 16.5. The van der Waals surface area contributed by atoms with E-state index in [-0.39, 0.29) is 6.04 Å². The van der Waals surface area contributed by atoms with Crippen molar-refractivity contribution in [3.63, 3.8) is 0 Å². The number of nitrogens with one attached hydrogen (secondary N) is 1. The zero-order valence-corrected chi connectivity index (χ0v) is 12.3. The minimum absolute atomic E-state index is 0.0346. The van der Waals surface area contributed by atoms with Crippen LogP contribution in [0, 0.1) is 0 Å². The van der Waals surface area contributed by atoms with Crippen LogP contribution in [-0.4, -0.2) is 31.4 Å². The van der Waals surface area contributed by atoms with Gasteiger partial charge in [-0.1, -0.05) is 13.0 Å². The maximum absolute atomic E-state index is 10.3. The zero-order chi connectivity index (χ0) is 14.3. The van der Waals surface area contributed by atoms with Crippen molar-refractivity contribution in [3.8, 4) is 11.5 Å². The van der Waals surface area contributed by atoms with Gasteiger partial charge in [0.25, 0.3) is 0 Å². The SMILES string of the molecule is CCOc1ccc(C(O)C(CC)NC)cc1OCC. The summed E-state index contributed by atoms with van der Waals surface area (Å²) in [5.41, 5.74) is 0.841. The number of aliphatic hydroxyl groups excluding tert-OH is 1. The molecule has 0 aliphatic carbocycles. The van der Waals surface area contributed by atoms with E-state index in [0.29, 0.717) is 19.0 Å². The van der Waals surface area contributed by atoms with Crippen LogP contribution in [0.3, 0.4) is 0 Å². The van der Waals surface area contributed by atoms with E-state index >= 15 is 0 Å². The molecule has 0 bridgehead atoms. The second-order valence-electron chi connectivity index (χ2n) is 4.32. The average Bonchev–Trinajstić information content (AvgIpc) is 2.42. The molecule has 1 rings (SSSR count). The lowest BCUT2D eigenvalue weighted by molar-refractivity contribution is 0.129. The van der Waals surface area contributed by atoms with Gasteiger partial charge < -0.3 is 19.9 Å². The molecular weight excluding hydrogens is 242 g/mol. The highest BCUT2D eigenvalue weighted by Crippen LogP contribution is 2.31. The van der Waals surface area contributed by atoms with Gasteiger partial charge in [0.15, 0.2) is 11.5 Å². The zero-order valence-electron chi connectivity index (χ0n) is 12.3. The van der Waals surface area contributed by atoms with Gasteiger partial charge in [0, 0.05) is 6.04 Å². The van der Waals surface area contributed by atoms with E-state index in [4.69, 9.17) is 9.47 Å². The Labute approximate surface area is 115 Å². The molecule has 0 radical (unpaired) electrons. The van der Waals surface area contributed by atoms with E-state index < -0.39 is 6.10 Å². The van der Waals surface area contributed by atoms with Gasteiger partial charge in [-0.2, -0.15) is 0 Å². The van der Waals surface area contributed by atoms with Crippen molar-refractivity contribution in [1.82, 2.24) is 5.32 Å². The molecule has 19 heavy (non-hydrogen) atoms. The van der Waals surface area contributed by atoms with Crippen LogP contribution in [0.5, 0.6) is 11.5 Å². The third-order valence-corrected chi connectivity index (χ3v) is 3.10. The summed E-state index contributed by atoms with van der Waals surface area (Å²) in [4.78, 5) is 0. The summed E-state index contributed by atoms with van der Waals surface area (Å²) >= 11 is 0. The van der Waals surface area contributed by atoms with E-state index in [2.05, 4.69) is 5.32 Å². The molecular formula is C15H25NO3. The molecule has 0 aromatic heterocycles. The van der Waals surface area contributed by atoms with Gasteiger partial charge >= 0.3 is 0 Å². The van der Waals surface area contributed by atoms with Gasteiger partial charge in [-0.05, 0) is 45.0 Å². The lowest BCUT2D eigenvalue weighted by Crippen LogP contribution is -2.31. The summed E-state index contributed by atoms with van der Waals surface area (Å²) in [7, 11) is 1.86. The van der Waals surface area contributed by atoms with Gasteiger partial charge in [-0.15, -0.1) is 0 Å². The Morgan fingerprint density at radius 1 is 1.11 bits per heavy atom. The molecule has 0 amide bonds. The average molecular weight is 267 g/mol. The largest absolute Gasteiger partial charge is 0.490 e. The number of aliphatic hydroxyl groups is 1. The third kappa shape index (κ3) is 4.11. The molecule has 2 N–H and O–H groups in total. The quantitative estimate of drug-likeness (QED) is 0.760. The maximum atomic E-state index is 10.3. The van der Waals surface area contributed by atoms with Crippen molar-refractivity contribution in [2.45, 2.75) is 39.3 Å². The minimum Gasteiger partial charge on any atom is -0.490 e. The molecule has 0 fully saturated rings. The molecule has 0 aliphatic heterocycles. The van der Waals surface area contributed by atoms with Crippen molar-refractivity contribution in [2.24, 2.45) is 0 Å². The minimum atomic E-state index is -0.551. The molecule has 108 valence electrons. The predicted molar refractivity (Wildman–Crippen MR) is 76.9 cm³/mol. The summed E-state index contributed by atoms with van der Waals surface area (Å²) in [6.45, 7) is 7.08. The highest BCUT2D eigenvalue weighted by Gasteiger charge is 2.19. The first-order valence-electron chi connectivity index (χ1n) is 6.92. The Kier molecular flexibility index (Phi) is 6.67. The summed E-state index contributed by atoms with van der Waals surface area (Å²) in [5.74, 6) is 1.41. The Morgan fingerprint density at radius 2 is 1.74 bits per heavy atom.